The summed E-state index contributed by atoms with van der Waals surface area (Å²) >= 11 is 1.62. The first kappa shape index (κ1) is 26.2. The molecule has 7 nitrogen and oxygen atoms in total. The molecule has 0 atom stereocenters. The fourth-order valence-electron chi connectivity index (χ4n) is 4.99. The van der Waals surface area contributed by atoms with Gasteiger partial charge >= 0.3 is 5.97 Å². The van der Waals surface area contributed by atoms with Crippen LogP contribution in [0.15, 0.2) is 65.8 Å². The van der Waals surface area contributed by atoms with Gasteiger partial charge in [0, 0.05) is 49.1 Å². The minimum atomic E-state index is -0.146. The Morgan fingerprint density at radius 3 is 2.34 bits per heavy atom. The quantitative estimate of drug-likeness (QED) is 0.218. The Labute approximate surface area is 228 Å². The molecular weight excluding hydrogens is 496 g/mol. The van der Waals surface area contributed by atoms with E-state index < -0.39 is 0 Å². The lowest BCUT2D eigenvalue weighted by Gasteiger charge is -2.31. The van der Waals surface area contributed by atoms with Gasteiger partial charge in [0.2, 0.25) is 0 Å². The molecule has 3 aromatic rings. The molecule has 2 aliphatic rings. The van der Waals surface area contributed by atoms with E-state index in [0.717, 1.165) is 46.6 Å². The maximum Gasteiger partial charge on any atom is 0.309 e. The zero-order valence-electron chi connectivity index (χ0n) is 21.8. The standard InChI is InChI=1S/C30H34N4O3S/c1-2-37-29(36)25-14-18-34(19-15-25)28(35)24-12-10-22(11-13-24)21-38-30-31-26(23-8-4-3-5-9-23)20-27(32-30)33-16-6-7-17-33/h3-5,8-13,20,25H,2,6-7,14-19,21H2,1H3. The molecule has 0 N–H and O–H groups in total. The molecule has 2 fully saturated rings. The maximum absolute atomic E-state index is 13.0. The number of amides is 1. The number of aromatic nitrogens is 2. The minimum Gasteiger partial charge on any atom is -0.466 e. The first-order valence-electron chi connectivity index (χ1n) is 13.5. The number of esters is 1. The molecule has 8 heteroatoms. The van der Waals surface area contributed by atoms with Crippen molar-refractivity contribution in [3.05, 3.63) is 71.8 Å². The van der Waals surface area contributed by atoms with Crippen LogP contribution in [0.1, 0.15) is 48.5 Å². The monoisotopic (exact) mass is 530 g/mol. The summed E-state index contributed by atoms with van der Waals surface area (Å²) in [5.74, 6) is 1.48. The highest BCUT2D eigenvalue weighted by Gasteiger charge is 2.28. The van der Waals surface area contributed by atoms with Gasteiger partial charge in [-0.25, -0.2) is 9.97 Å². The molecule has 38 heavy (non-hydrogen) atoms. The number of ether oxygens (including phenoxy) is 1. The lowest BCUT2D eigenvalue weighted by Crippen LogP contribution is -2.40. The van der Waals surface area contributed by atoms with Crippen LogP contribution in [0.2, 0.25) is 0 Å². The Morgan fingerprint density at radius 1 is 0.947 bits per heavy atom. The number of thioether (sulfide) groups is 1. The lowest BCUT2D eigenvalue weighted by atomic mass is 9.96. The van der Waals surface area contributed by atoms with Gasteiger partial charge in [-0.05, 0) is 50.3 Å². The Balaban J connectivity index is 1.22. The molecule has 0 bridgehead atoms. The van der Waals surface area contributed by atoms with Gasteiger partial charge in [-0.2, -0.15) is 0 Å². The number of anilines is 1. The van der Waals surface area contributed by atoms with E-state index in [1.807, 2.05) is 54.3 Å². The molecule has 2 aliphatic heterocycles. The summed E-state index contributed by atoms with van der Waals surface area (Å²) in [7, 11) is 0. The van der Waals surface area contributed by atoms with E-state index in [4.69, 9.17) is 14.7 Å². The summed E-state index contributed by atoms with van der Waals surface area (Å²) in [6.07, 6.45) is 3.70. The van der Waals surface area contributed by atoms with Crippen molar-refractivity contribution in [3.8, 4) is 11.3 Å². The van der Waals surface area contributed by atoms with Gasteiger partial charge in [-0.3, -0.25) is 9.59 Å². The molecule has 0 spiro atoms. The van der Waals surface area contributed by atoms with Crippen molar-refractivity contribution in [1.29, 1.82) is 0 Å². The third kappa shape index (κ3) is 6.35. The number of hydrogen-bond acceptors (Lipinski definition) is 7. The largest absolute Gasteiger partial charge is 0.466 e. The number of nitrogens with zero attached hydrogens (tertiary/aromatic N) is 4. The van der Waals surface area contributed by atoms with Crippen molar-refractivity contribution in [1.82, 2.24) is 14.9 Å². The van der Waals surface area contributed by atoms with E-state index in [9.17, 15) is 9.59 Å². The average molecular weight is 531 g/mol. The van der Waals surface area contributed by atoms with Gasteiger partial charge < -0.3 is 14.5 Å². The van der Waals surface area contributed by atoms with Crippen LogP contribution in [-0.2, 0) is 15.3 Å². The summed E-state index contributed by atoms with van der Waals surface area (Å²) in [4.78, 5) is 38.9. The third-order valence-corrected chi connectivity index (χ3v) is 8.08. The van der Waals surface area contributed by atoms with Gasteiger partial charge in [0.25, 0.3) is 5.91 Å². The third-order valence-electron chi connectivity index (χ3n) is 7.16. The van der Waals surface area contributed by atoms with Gasteiger partial charge in [0.15, 0.2) is 5.16 Å². The highest BCUT2D eigenvalue weighted by Crippen LogP contribution is 2.29. The van der Waals surface area contributed by atoms with Gasteiger partial charge in [0.1, 0.15) is 5.82 Å². The molecule has 0 aliphatic carbocycles. The van der Waals surface area contributed by atoms with Crippen molar-refractivity contribution in [2.45, 2.75) is 43.5 Å². The number of carbonyl (C=O) groups excluding carboxylic acids is 2. The second-order valence-corrected chi connectivity index (χ2v) is 10.7. The van der Waals surface area contributed by atoms with Crippen LogP contribution in [0.25, 0.3) is 11.3 Å². The Morgan fingerprint density at radius 2 is 1.66 bits per heavy atom. The van der Waals surface area contributed by atoms with Crippen LogP contribution in [0.5, 0.6) is 0 Å². The lowest BCUT2D eigenvalue weighted by molar-refractivity contribution is -0.149. The summed E-state index contributed by atoms with van der Waals surface area (Å²) in [6.45, 7) is 5.44. The number of hydrogen-bond donors (Lipinski definition) is 0. The Bertz CT molecular complexity index is 1240. The molecule has 5 rings (SSSR count). The molecule has 0 saturated carbocycles. The first-order chi connectivity index (χ1) is 18.6. The predicted octanol–water partition coefficient (Wildman–Crippen LogP) is 5.45. The van der Waals surface area contributed by atoms with Gasteiger partial charge in [-0.15, -0.1) is 0 Å². The van der Waals surface area contributed by atoms with Crippen molar-refractivity contribution >= 4 is 29.5 Å². The highest BCUT2D eigenvalue weighted by molar-refractivity contribution is 7.98. The van der Waals surface area contributed by atoms with E-state index in [-0.39, 0.29) is 17.8 Å². The average Bonchev–Trinajstić information content (AvgIpc) is 3.52. The number of piperidine rings is 1. The van der Waals surface area contributed by atoms with Crippen LogP contribution in [-0.4, -0.2) is 59.5 Å². The fourth-order valence-corrected chi connectivity index (χ4v) is 5.80. The highest BCUT2D eigenvalue weighted by atomic mass is 32.2. The molecule has 0 radical (unpaired) electrons. The zero-order valence-corrected chi connectivity index (χ0v) is 22.7. The number of benzene rings is 2. The Kier molecular flexibility index (Phi) is 8.58. The van der Waals surface area contributed by atoms with Crippen LogP contribution >= 0.6 is 11.8 Å². The molecule has 3 heterocycles. The van der Waals surface area contributed by atoms with E-state index in [1.54, 1.807) is 11.8 Å². The summed E-state index contributed by atoms with van der Waals surface area (Å²) in [6, 6.07) is 20.2. The van der Waals surface area contributed by atoms with Crippen molar-refractivity contribution in [2.75, 3.05) is 37.7 Å². The molecule has 1 amide bonds. The minimum absolute atomic E-state index is 0.0145. The zero-order chi connectivity index (χ0) is 26.3. The molecule has 1 aromatic heterocycles. The Hall–Kier alpha value is -3.39. The van der Waals surface area contributed by atoms with Crippen LogP contribution in [0.3, 0.4) is 0 Å². The predicted molar refractivity (Wildman–Crippen MR) is 150 cm³/mol. The van der Waals surface area contributed by atoms with Crippen molar-refractivity contribution < 1.29 is 14.3 Å². The number of rotatable bonds is 8. The fraction of sp³-hybridized carbons (Fsp3) is 0.400. The van der Waals surface area contributed by atoms with E-state index >= 15 is 0 Å². The van der Waals surface area contributed by atoms with Gasteiger partial charge in [-0.1, -0.05) is 54.2 Å². The second kappa shape index (κ2) is 12.4. The first-order valence-corrected chi connectivity index (χ1v) is 14.5. The molecule has 2 aromatic carbocycles. The normalized spacial score (nSPS) is 16.0. The van der Waals surface area contributed by atoms with Crippen LogP contribution in [0, 0.1) is 5.92 Å². The van der Waals surface area contributed by atoms with Gasteiger partial charge in [0.05, 0.1) is 18.2 Å². The SMILES string of the molecule is CCOC(=O)C1CCN(C(=O)c2ccc(CSc3nc(-c4ccccc4)cc(N4CCCC4)n3)cc2)CC1. The van der Waals surface area contributed by atoms with Crippen LogP contribution in [0.4, 0.5) is 5.82 Å². The maximum atomic E-state index is 13.0. The van der Waals surface area contributed by atoms with Crippen LogP contribution < -0.4 is 4.90 Å². The second-order valence-electron chi connectivity index (χ2n) is 9.76. The van der Waals surface area contributed by atoms with E-state index in [1.165, 1.54) is 12.8 Å². The molecule has 2 saturated heterocycles. The summed E-state index contributed by atoms with van der Waals surface area (Å²) in [5, 5.41) is 0.762. The number of carbonyl (C=O) groups is 2. The smallest absolute Gasteiger partial charge is 0.309 e. The number of likely N-dealkylation sites (tertiary alicyclic amines) is 1. The van der Waals surface area contributed by atoms with Crippen molar-refractivity contribution in [2.24, 2.45) is 5.92 Å². The van der Waals surface area contributed by atoms with E-state index in [2.05, 4.69) is 23.1 Å². The summed E-state index contributed by atoms with van der Waals surface area (Å²) in [5.41, 5.74) is 3.82. The molecule has 0 unspecified atom stereocenters. The molecule has 198 valence electrons. The topological polar surface area (TPSA) is 75.6 Å². The molecular formula is C30H34N4O3S. The van der Waals surface area contributed by atoms with E-state index in [0.29, 0.717) is 38.1 Å². The summed E-state index contributed by atoms with van der Waals surface area (Å²) < 4.78 is 5.14. The van der Waals surface area contributed by atoms with Crippen molar-refractivity contribution in [3.63, 3.8) is 0 Å².